The number of ether oxygens (including phenoxy) is 2. The molecule has 3 aromatic rings. The summed E-state index contributed by atoms with van der Waals surface area (Å²) in [5.41, 5.74) is 0.766. The van der Waals surface area contributed by atoms with Crippen LogP contribution in [0.1, 0.15) is 18.9 Å². The van der Waals surface area contributed by atoms with Crippen molar-refractivity contribution < 1.29 is 24.2 Å². The van der Waals surface area contributed by atoms with Crippen molar-refractivity contribution in [3.8, 4) is 17.2 Å². The fourth-order valence-electron chi connectivity index (χ4n) is 3.24. The Morgan fingerprint density at radius 1 is 0.774 bits per heavy atom. The Balaban J connectivity index is 1.53. The van der Waals surface area contributed by atoms with E-state index in [9.17, 15) is 14.7 Å². The zero-order chi connectivity index (χ0) is 21.8. The lowest BCUT2D eigenvalue weighted by atomic mass is 10.1. The minimum atomic E-state index is -0.761. The van der Waals surface area contributed by atoms with Gasteiger partial charge in [-0.1, -0.05) is 37.3 Å². The molecule has 1 aliphatic rings. The van der Waals surface area contributed by atoms with E-state index >= 15 is 0 Å². The van der Waals surface area contributed by atoms with Crippen LogP contribution in [0.4, 0.5) is 5.69 Å². The molecule has 3 aromatic carbocycles. The van der Waals surface area contributed by atoms with Crippen molar-refractivity contribution in [2.24, 2.45) is 0 Å². The second-order valence-corrected chi connectivity index (χ2v) is 6.95. The minimum absolute atomic E-state index is 0.0309. The van der Waals surface area contributed by atoms with Crippen molar-refractivity contribution in [2.45, 2.75) is 13.3 Å². The van der Waals surface area contributed by atoms with E-state index in [1.165, 1.54) is 0 Å². The molecule has 0 fully saturated rings. The van der Waals surface area contributed by atoms with Crippen LogP contribution in [-0.2, 0) is 9.59 Å². The van der Waals surface area contributed by atoms with E-state index in [1.807, 2.05) is 37.3 Å². The third-order valence-electron chi connectivity index (χ3n) is 4.75. The monoisotopic (exact) mass is 415 g/mol. The molecular weight excluding hydrogens is 394 g/mol. The van der Waals surface area contributed by atoms with Crippen molar-refractivity contribution in [1.29, 1.82) is 0 Å². The highest BCUT2D eigenvalue weighted by Gasteiger charge is 2.40. The second-order valence-electron chi connectivity index (χ2n) is 6.95. The summed E-state index contributed by atoms with van der Waals surface area (Å²) in [4.78, 5) is 26.6. The lowest BCUT2D eigenvalue weighted by Gasteiger charge is -2.15. The lowest BCUT2D eigenvalue weighted by molar-refractivity contribution is -0.121. The first-order chi connectivity index (χ1) is 15.1. The zero-order valence-corrected chi connectivity index (χ0v) is 16.9. The van der Waals surface area contributed by atoms with Crippen molar-refractivity contribution in [1.82, 2.24) is 0 Å². The van der Waals surface area contributed by atoms with E-state index in [1.54, 1.807) is 48.5 Å². The maximum absolute atomic E-state index is 13.0. The molecule has 1 aliphatic heterocycles. The molecule has 0 aliphatic carbocycles. The van der Waals surface area contributed by atoms with Crippen LogP contribution in [0.5, 0.6) is 17.2 Å². The third-order valence-corrected chi connectivity index (χ3v) is 4.75. The number of hydrogen-bond donors (Lipinski definition) is 1. The molecule has 0 atom stereocenters. The summed E-state index contributed by atoms with van der Waals surface area (Å²) in [5, 5.41) is 10.4. The number of imide groups is 1. The van der Waals surface area contributed by atoms with Gasteiger partial charge in [0, 0.05) is 0 Å². The average Bonchev–Trinajstić information content (AvgIpc) is 3.02. The van der Waals surface area contributed by atoms with Gasteiger partial charge in [-0.2, -0.15) is 0 Å². The highest BCUT2D eigenvalue weighted by Crippen LogP contribution is 2.33. The van der Waals surface area contributed by atoms with E-state index in [-0.39, 0.29) is 5.57 Å². The first-order valence-corrected chi connectivity index (χ1v) is 9.96. The Morgan fingerprint density at radius 3 is 2.03 bits per heavy atom. The number of carbonyl (C=O) groups is 2. The molecule has 156 valence electrons. The van der Waals surface area contributed by atoms with Crippen LogP contribution < -0.4 is 14.4 Å². The van der Waals surface area contributed by atoms with Crippen LogP contribution in [0.15, 0.2) is 84.6 Å². The predicted molar refractivity (Wildman–Crippen MR) is 117 cm³/mol. The highest BCUT2D eigenvalue weighted by molar-refractivity contribution is 6.44. The van der Waals surface area contributed by atoms with Crippen molar-refractivity contribution in [3.05, 3.63) is 90.2 Å². The summed E-state index contributed by atoms with van der Waals surface area (Å²) >= 11 is 0. The van der Waals surface area contributed by atoms with Crippen molar-refractivity contribution >= 4 is 23.1 Å². The molecule has 0 bridgehead atoms. The molecule has 1 N–H and O–H groups in total. The minimum Gasteiger partial charge on any atom is -0.502 e. The molecular formula is C25H21NO5. The standard InChI is InChI=1S/C25H21NO5/c1-2-16-30-19-12-8-17(9-13-19)22-23(27)25(29)26(24(22)28)18-10-14-21(15-11-18)31-20-6-4-3-5-7-20/h3-15,27H,2,16H2,1H3. The topological polar surface area (TPSA) is 76.1 Å². The Morgan fingerprint density at radius 2 is 1.39 bits per heavy atom. The van der Waals surface area contributed by atoms with E-state index in [0.717, 1.165) is 11.3 Å². The Bertz CT molecular complexity index is 1120. The van der Waals surface area contributed by atoms with Crippen LogP contribution in [0.2, 0.25) is 0 Å². The highest BCUT2D eigenvalue weighted by atomic mass is 16.5. The molecule has 6 heteroatoms. The van der Waals surface area contributed by atoms with Gasteiger partial charge in [-0.25, -0.2) is 4.90 Å². The molecule has 0 spiro atoms. The molecule has 0 radical (unpaired) electrons. The fraction of sp³-hybridized carbons (Fsp3) is 0.120. The number of anilines is 1. The maximum atomic E-state index is 13.0. The van der Waals surface area contributed by atoms with Crippen LogP contribution in [0, 0.1) is 0 Å². The summed E-state index contributed by atoms with van der Waals surface area (Å²) in [6.45, 7) is 2.59. The molecule has 2 amide bonds. The number of aliphatic hydroxyl groups excluding tert-OH is 1. The van der Waals surface area contributed by atoms with Gasteiger partial charge in [-0.05, 0) is 60.5 Å². The molecule has 4 rings (SSSR count). The van der Waals surface area contributed by atoms with Crippen LogP contribution in [0.3, 0.4) is 0 Å². The van der Waals surface area contributed by atoms with Crippen LogP contribution in [0.25, 0.3) is 5.57 Å². The fourth-order valence-corrected chi connectivity index (χ4v) is 3.24. The van der Waals surface area contributed by atoms with E-state index < -0.39 is 17.6 Å². The van der Waals surface area contributed by atoms with Gasteiger partial charge in [-0.15, -0.1) is 0 Å². The van der Waals surface area contributed by atoms with E-state index in [4.69, 9.17) is 9.47 Å². The average molecular weight is 415 g/mol. The van der Waals surface area contributed by atoms with E-state index in [0.29, 0.717) is 35.1 Å². The number of hydrogen-bond acceptors (Lipinski definition) is 5. The van der Waals surface area contributed by atoms with Gasteiger partial charge in [0.25, 0.3) is 5.91 Å². The summed E-state index contributed by atoms with van der Waals surface area (Å²) in [6, 6.07) is 22.5. The molecule has 6 nitrogen and oxygen atoms in total. The summed E-state index contributed by atoms with van der Waals surface area (Å²) in [6.07, 6.45) is 0.880. The van der Waals surface area contributed by atoms with Crippen molar-refractivity contribution in [2.75, 3.05) is 11.5 Å². The molecule has 0 saturated heterocycles. The van der Waals surface area contributed by atoms with Crippen molar-refractivity contribution in [3.63, 3.8) is 0 Å². The molecule has 0 saturated carbocycles. The van der Waals surface area contributed by atoms with Gasteiger partial charge in [0.05, 0.1) is 17.9 Å². The Kier molecular flexibility index (Phi) is 5.71. The summed E-state index contributed by atoms with van der Waals surface area (Å²) in [7, 11) is 0. The number of amides is 2. The molecule has 0 unspecified atom stereocenters. The predicted octanol–water partition coefficient (Wildman–Crippen LogP) is 5.11. The van der Waals surface area contributed by atoms with Gasteiger partial charge >= 0.3 is 5.91 Å². The lowest BCUT2D eigenvalue weighted by Crippen LogP contribution is -2.31. The molecule has 31 heavy (non-hydrogen) atoms. The smallest absolute Gasteiger partial charge is 0.301 e. The molecule has 1 heterocycles. The number of aliphatic hydroxyl groups is 1. The van der Waals surface area contributed by atoms with Crippen LogP contribution in [-0.4, -0.2) is 23.5 Å². The van der Waals surface area contributed by atoms with Crippen LogP contribution >= 0.6 is 0 Å². The van der Waals surface area contributed by atoms with Gasteiger partial charge < -0.3 is 14.6 Å². The first-order valence-electron chi connectivity index (χ1n) is 9.96. The normalized spacial score (nSPS) is 13.6. The first kappa shape index (κ1) is 20.2. The number of para-hydroxylation sites is 1. The number of carbonyl (C=O) groups excluding carboxylic acids is 2. The van der Waals surface area contributed by atoms with Gasteiger partial charge in [0.2, 0.25) is 0 Å². The molecule has 0 aromatic heterocycles. The Labute approximate surface area is 180 Å². The third kappa shape index (κ3) is 4.14. The SMILES string of the molecule is CCCOc1ccc(C2=C(O)C(=O)N(c3ccc(Oc4ccccc4)cc3)C2=O)cc1. The summed E-state index contributed by atoms with van der Waals surface area (Å²) < 4.78 is 11.3. The van der Waals surface area contributed by atoms with E-state index in [2.05, 4.69) is 0 Å². The Hall–Kier alpha value is -4.06. The number of nitrogens with zero attached hydrogens (tertiary/aromatic N) is 1. The van der Waals surface area contributed by atoms with Gasteiger partial charge in [-0.3, -0.25) is 9.59 Å². The largest absolute Gasteiger partial charge is 0.502 e. The second kappa shape index (κ2) is 8.75. The maximum Gasteiger partial charge on any atom is 0.301 e. The number of rotatable bonds is 7. The summed E-state index contributed by atoms with van der Waals surface area (Å²) in [5.74, 6) is -0.0136. The quantitative estimate of drug-likeness (QED) is 0.543. The van der Waals surface area contributed by atoms with Gasteiger partial charge in [0.15, 0.2) is 5.76 Å². The van der Waals surface area contributed by atoms with Gasteiger partial charge in [0.1, 0.15) is 17.2 Å². The zero-order valence-electron chi connectivity index (χ0n) is 16.9. The number of benzene rings is 3.